The number of nitro groups is 1. The molecule has 2 N–H and O–H groups in total. The summed E-state index contributed by atoms with van der Waals surface area (Å²) in [7, 11) is 0. The van der Waals surface area contributed by atoms with Gasteiger partial charge in [-0.3, -0.25) is 10.1 Å². The summed E-state index contributed by atoms with van der Waals surface area (Å²) >= 11 is 0. The Morgan fingerprint density at radius 1 is 1.14 bits per heavy atom. The van der Waals surface area contributed by atoms with Gasteiger partial charge in [0.2, 0.25) is 0 Å². The van der Waals surface area contributed by atoms with Crippen LogP contribution in [0.4, 0.5) is 18.9 Å². The smallest absolute Gasteiger partial charge is 0.357 e. The number of nitrogens with one attached hydrogen (secondary N) is 2. The monoisotopic (exact) mass is 508 g/mol. The van der Waals surface area contributed by atoms with E-state index in [0.29, 0.717) is 23.6 Å². The summed E-state index contributed by atoms with van der Waals surface area (Å²) in [5, 5.41) is 17.0. The van der Waals surface area contributed by atoms with Gasteiger partial charge in [0.1, 0.15) is 0 Å². The van der Waals surface area contributed by atoms with Gasteiger partial charge in [0.05, 0.1) is 17.0 Å². The largest absolute Gasteiger partial charge is 0.416 e. The maximum absolute atomic E-state index is 12.8. The Morgan fingerprint density at radius 3 is 2.50 bits per heavy atom. The van der Waals surface area contributed by atoms with Gasteiger partial charge in [-0.05, 0) is 24.6 Å². The number of guanidine groups is 1. The van der Waals surface area contributed by atoms with Crippen molar-refractivity contribution in [1.29, 1.82) is 0 Å². The molecule has 0 aromatic heterocycles. The second kappa shape index (κ2) is 10.8. The lowest BCUT2D eigenvalue weighted by molar-refractivity contribution is -0.385. The highest BCUT2D eigenvalue weighted by molar-refractivity contribution is 14.0. The lowest BCUT2D eigenvalue weighted by Gasteiger charge is -2.12. The van der Waals surface area contributed by atoms with E-state index in [1.165, 1.54) is 12.1 Å². The molecule has 6 nitrogen and oxygen atoms in total. The fourth-order valence-electron chi connectivity index (χ4n) is 2.38. The van der Waals surface area contributed by atoms with Gasteiger partial charge in [0.15, 0.2) is 5.96 Å². The Kier molecular flexibility index (Phi) is 9.16. The van der Waals surface area contributed by atoms with Crippen molar-refractivity contribution in [3.63, 3.8) is 0 Å². The minimum absolute atomic E-state index is 0. The molecule has 0 aliphatic heterocycles. The van der Waals surface area contributed by atoms with Crippen LogP contribution < -0.4 is 10.6 Å². The Bertz CT molecular complexity index is 828. The van der Waals surface area contributed by atoms with E-state index in [1.807, 2.05) is 6.92 Å². The number of aliphatic imine (C=N–C) groups is 1. The summed E-state index contributed by atoms with van der Waals surface area (Å²) in [6.45, 7) is 2.57. The second-order valence-corrected chi connectivity index (χ2v) is 5.63. The van der Waals surface area contributed by atoms with Crippen LogP contribution >= 0.6 is 24.0 Å². The van der Waals surface area contributed by atoms with Gasteiger partial charge in [0, 0.05) is 24.7 Å². The quantitative estimate of drug-likeness (QED) is 0.198. The Morgan fingerprint density at radius 2 is 1.86 bits per heavy atom. The lowest BCUT2D eigenvalue weighted by Crippen LogP contribution is -2.36. The predicted molar refractivity (Wildman–Crippen MR) is 112 cm³/mol. The molecular formula is C18H20F3IN4O2. The molecule has 2 aromatic rings. The molecule has 2 rings (SSSR count). The van der Waals surface area contributed by atoms with Gasteiger partial charge in [-0.15, -0.1) is 24.0 Å². The van der Waals surface area contributed by atoms with Crippen LogP contribution in [0.1, 0.15) is 23.6 Å². The summed E-state index contributed by atoms with van der Waals surface area (Å²) in [5.41, 5.74) is 0.145. The number of alkyl halides is 3. The summed E-state index contributed by atoms with van der Waals surface area (Å²) in [6.07, 6.45) is -4.41. The SMILES string of the molecule is CCNC(=NCc1cccc(C(F)(F)F)c1)NCc1ccccc1[N+](=O)[O-].I. The molecule has 0 saturated carbocycles. The Hall–Kier alpha value is -2.37. The van der Waals surface area contributed by atoms with Crippen LogP contribution in [0.3, 0.4) is 0 Å². The second-order valence-electron chi connectivity index (χ2n) is 5.63. The van der Waals surface area contributed by atoms with Gasteiger partial charge in [-0.2, -0.15) is 13.2 Å². The van der Waals surface area contributed by atoms with E-state index in [1.54, 1.807) is 24.3 Å². The van der Waals surface area contributed by atoms with Crippen molar-refractivity contribution in [3.8, 4) is 0 Å². The van der Waals surface area contributed by atoms with Crippen molar-refractivity contribution in [2.75, 3.05) is 6.54 Å². The fraction of sp³-hybridized carbons (Fsp3) is 0.278. The molecule has 0 bridgehead atoms. The predicted octanol–water partition coefficient (Wildman–Crippen LogP) is 4.49. The molecule has 0 saturated heterocycles. The maximum atomic E-state index is 12.8. The van der Waals surface area contributed by atoms with Crippen LogP contribution in [0.5, 0.6) is 0 Å². The molecule has 0 heterocycles. The third-order valence-corrected chi connectivity index (χ3v) is 3.65. The van der Waals surface area contributed by atoms with Crippen LogP contribution in [0, 0.1) is 10.1 Å². The number of rotatable bonds is 6. The summed E-state index contributed by atoms with van der Waals surface area (Å²) in [6, 6.07) is 11.3. The lowest BCUT2D eigenvalue weighted by atomic mass is 10.1. The number of hydrogen-bond acceptors (Lipinski definition) is 3. The summed E-state index contributed by atoms with van der Waals surface area (Å²) in [5.74, 6) is 0.355. The number of hydrogen-bond donors (Lipinski definition) is 2. The highest BCUT2D eigenvalue weighted by Crippen LogP contribution is 2.29. The van der Waals surface area contributed by atoms with Crippen LogP contribution in [-0.2, 0) is 19.3 Å². The molecule has 0 spiro atoms. The molecule has 2 aromatic carbocycles. The topological polar surface area (TPSA) is 79.6 Å². The normalized spacial score (nSPS) is 11.5. The van der Waals surface area contributed by atoms with Gasteiger partial charge in [-0.1, -0.05) is 30.3 Å². The first-order valence-corrected chi connectivity index (χ1v) is 8.22. The van der Waals surface area contributed by atoms with Crippen LogP contribution in [0.2, 0.25) is 0 Å². The third kappa shape index (κ3) is 6.98. The maximum Gasteiger partial charge on any atom is 0.416 e. The van der Waals surface area contributed by atoms with Crippen molar-refractivity contribution in [3.05, 3.63) is 75.3 Å². The van der Waals surface area contributed by atoms with Gasteiger partial charge < -0.3 is 10.6 Å². The van der Waals surface area contributed by atoms with Crippen molar-refractivity contribution < 1.29 is 18.1 Å². The van der Waals surface area contributed by atoms with Gasteiger partial charge in [-0.25, -0.2) is 4.99 Å². The minimum atomic E-state index is -4.41. The Balaban J connectivity index is 0.00000392. The zero-order valence-electron chi connectivity index (χ0n) is 15.0. The van der Waals surface area contributed by atoms with Crippen molar-refractivity contribution >= 4 is 35.6 Å². The first kappa shape index (κ1) is 23.7. The third-order valence-electron chi connectivity index (χ3n) is 3.65. The number of para-hydroxylation sites is 1. The fourth-order valence-corrected chi connectivity index (χ4v) is 2.38. The van der Waals surface area contributed by atoms with E-state index >= 15 is 0 Å². The average Bonchev–Trinajstić information content (AvgIpc) is 2.63. The molecule has 0 atom stereocenters. The molecule has 0 unspecified atom stereocenters. The van der Waals surface area contributed by atoms with E-state index in [2.05, 4.69) is 15.6 Å². The van der Waals surface area contributed by atoms with E-state index < -0.39 is 16.7 Å². The molecule has 0 amide bonds. The average molecular weight is 508 g/mol. The standard InChI is InChI=1S/C18H19F3N4O2.HI/c1-2-22-17(24-12-14-7-3-4-9-16(14)25(26)27)23-11-13-6-5-8-15(10-13)18(19,20)21;/h3-10H,2,11-12H2,1H3,(H2,22,23,24);1H. The van der Waals surface area contributed by atoms with Gasteiger partial charge in [0.25, 0.3) is 5.69 Å². The Labute approximate surface area is 177 Å². The van der Waals surface area contributed by atoms with Crippen LogP contribution in [-0.4, -0.2) is 17.4 Å². The van der Waals surface area contributed by atoms with Crippen molar-refractivity contribution in [2.45, 2.75) is 26.2 Å². The van der Waals surface area contributed by atoms with Crippen molar-refractivity contribution in [1.82, 2.24) is 10.6 Å². The molecule has 0 aliphatic carbocycles. The molecule has 0 radical (unpaired) electrons. The number of nitrogens with zero attached hydrogens (tertiary/aromatic N) is 2. The van der Waals surface area contributed by atoms with Gasteiger partial charge >= 0.3 is 6.18 Å². The van der Waals surface area contributed by atoms with E-state index in [-0.39, 0.29) is 42.8 Å². The van der Waals surface area contributed by atoms with Crippen LogP contribution in [0.15, 0.2) is 53.5 Å². The molecule has 28 heavy (non-hydrogen) atoms. The highest BCUT2D eigenvalue weighted by Gasteiger charge is 2.30. The number of benzene rings is 2. The highest BCUT2D eigenvalue weighted by atomic mass is 127. The number of halogens is 4. The molecule has 10 heteroatoms. The molecule has 152 valence electrons. The minimum Gasteiger partial charge on any atom is -0.357 e. The van der Waals surface area contributed by atoms with E-state index in [4.69, 9.17) is 0 Å². The van der Waals surface area contributed by atoms with E-state index in [0.717, 1.165) is 12.1 Å². The van der Waals surface area contributed by atoms with E-state index in [9.17, 15) is 23.3 Å². The first-order valence-electron chi connectivity index (χ1n) is 8.22. The summed E-state index contributed by atoms with van der Waals surface area (Å²) < 4.78 is 38.4. The zero-order chi connectivity index (χ0) is 19.9. The first-order chi connectivity index (χ1) is 12.8. The molecular weight excluding hydrogens is 488 g/mol. The summed E-state index contributed by atoms with van der Waals surface area (Å²) in [4.78, 5) is 14.8. The molecule has 0 fully saturated rings. The molecule has 0 aliphatic rings. The van der Waals surface area contributed by atoms with Crippen molar-refractivity contribution in [2.24, 2.45) is 4.99 Å². The zero-order valence-corrected chi connectivity index (χ0v) is 17.3. The number of nitro benzene ring substituents is 1. The van der Waals surface area contributed by atoms with Crippen LogP contribution in [0.25, 0.3) is 0 Å².